The molecule has 1 aromatic rings. The number of halogens is 2. The molecule has 0 radical (unpaired) electrons. The van der Waals surface area contributed by atoms with Gasteiger partial charge in [-0.2, -0.15) is 0 Å². The number of methoxy groups -OCH3 is 1. The number of hydrogen-bond donors (Lipinski definition) is 1. The van der Waals surface area contributed by atoms with E-state index in [1.165, 1.54) is 13.2 Å². The quantitative estimate of drug-likeness (QED) is 0.684. The molecule has 0 saturated carbocycles. The molecule has 0 aromatic heterocycles. The highest BCUT2D eigenvalue weighted by Gasteiger charge is 2.14. The van der Waals surface area contributed by atoms with E-state index in [1.54, 1.807) is 19.1 Å². The van der Waals surface area contributed by atoms with Crippen LogP contribution in [0.3, 0.4) is 0 Å². The third kappa shape index (κ3) is 3.48. The first-order chi connectivity index (χ1) is 7.54. The molecule has 0 fully saturated rings. The summed E-state index contributed by atoms with van der Waals surface area (Å²) < 4.78 is 17.5. The predicted octanol–water partition coefficient (Wildman–Crippen LogP) is 2.48. The third-order valence-electron chi connectivity index (χ3n) is 2.10. The number of hydrogen-bond acceptors (Lipinski definition) is 3. The van der Waals surface area contributed by atoms with Gasteiger partial charge in [-0.05, 0) is 30.7 Å². The number of carbonyl (C=O) groups is 1. The van der Waals surface area contributed by atoms with Crippen LogP contribution < -0.4 is 5.32 Å². The lowest BCUT2D eigenvalue weighted by molar-refractivity contribution is -0.139. The lowest BCUT2D eigenvalue weighted by Crippen LogP contribution is -2.24. The topological polar surface area (TPSA) is 38.3 Å². The first-order valence-electron chi connectivity index (χ1n) is 4.76. The highest BCUT2D eigenvalue weighted by atomic mass is 79.9. The highest BCUT2D eigenvalue weighted by Crippen LogP contribution is 2.14. The van der Waals surface area contributed by atoms with Gasteiger partial charge in [0, 0.05) is 12.2 Å². The van der Waals surface area contributed by atoms with Gasteiger partial charge in [-0.15, -0.1) is 0 Å². The van der Waals surface area contributed by atoms with Crippen LogP contribution in [0.1, 0.15) is 5.56 Å². The van der Waals surface area contributed by atoms with Crippen LogP contribution in [0.15, 0.2) is 18.2 Å². The van der Waals surface area contributed by atoms with Crippen molar-refractivity contribution in [1.29, 1.82) is 0 Å². The lowest BCUT2D eigenvalue weighted by Gasteiger charge is -2.10. The van der Waals surface area contributed by atoms with Crippen molar-refractivity contribution in [2.75, 3.05) is 19.0 Å². The van der Waals surface area contributed by atoms with Crippen molar-refractivity contribution >= 4 is 27.6 Å². The van der Waals surface area contributed by atoms with Crippen LogP contribution in [0.2, 0.25) is 0 Å². The normalized spacial score (nSPS) is 12.0. The van der Waals surface area contributed by atoms with Gasteiger partial charge in [0.2, 0.25) is 0 Å². The molecule has 1 aromatic carbocycles. The molecule has 16 heavy (non-hydrogen) atoms. The maximum absolute atomic E-state index is 13.0. The van der Waals surface area contributed by atoms with E-state index in [4.69, 9.17) is 0 Å². The summed E-state index contributed by atoms with van der Waals surface area (Å²) in [6, 6.07) is 4.70. The van der Waals surface area contributed by atoms with Gasteiger partial charge in [0.05, 0.1) is 7.11 Å². The SMILES string of the molecule is COC(=O)C(Br)CNc1ccc(F)c(C)c1. The van der Waals surface area contributed by atoms with Crippen molar-refractivity contribution < 1.29 is 13.9 Å². The number of anilines is 1. The Hall–Kier alpha value is -1.10. The molecule has 1 unspecified atom stereocenters. The first-order valence-corrected chi connectivity index (χ1v) is 5.68. The minimum absolute atomic E-state index is 0.242. The van der Waals surface area contributed by atoms with Crippen molar-refractivity contribution in [1.82, 2.24) is 0 Å². The fourth-order valence-corrected chi connectivity index (χ4v) is 1.52. The summed E-state index contributed by atoms with van der Waals surface area (Å²) >= 11 is 3.18. The number of carbonyl (C=O) groups excluding carboxylic acids is 1. The van der Waals surface area contributed by atoms with E-state index in [0.29, 0.717) is 12.1 Å². The van der Waals surface area contributed by atoms with Crippen LogP contribution in [0.25, 0.3) is 0 Å². The zero-order valence-electron chi connectivity index (χ0n) is 9.09. The third-order valence-corrected chi connectivity index (χ3v) is 2.80. The Kier molecular flexibility index (Phi) is 4.73. The molecule has 88 valence electrons. The van der Waals surface area contributed by atoms with Crippen LogP contribution >= 0.6 is 15.9 Å². The second kappa shape index (κ2) is 5.84. The number of alkyl halides is 1. The number of esters is 1. The number of nitrogens with one attached hydrogen (secondary N) is 1. The Morgan fingerprint density at radius 3 is 2.88 bits per heavy atom. The van der Waals surface area contributed by atoms with Crippen LogP contribution in [-0.4, -0.2) is 24.5 Å². The minimum atomic E-state index is -0.414. The molecule has 0 amide bonds. The summed E-state index contributed by atoms with van der Waals surface area (Å²) in [6.45, 7) is 2.07. The van der Waals surface area contributed by atoms with Crippen LogP contribution in [0.4, 0.5) is 10.1 Å². The second-order valence-electron chi connectivity index (χ2n) is 3.34. The summed E-state index contributed by atoms with van der Waals surface area (Å²) in [5.41, 5.74) is 1.33. The van der Waals surface area contributed by atoms with Crippen molar-refractivity contribution in [2.45, 2.75) is 11.8 Å². The van der Waals surface area contributed by atoms with Crippen molar-refractivity contribution in [3.05, 3.63) is 29.6 Å². The Labute approximate surface area is 102 Å². The smallest absolute Gasteiger partial charge is 0.321 e. The standard InChI is InChI=1S/C11H13BrFNO2/c1-7-5-8(3-4-10(7)13)14-6-9(12)11(15)16-2/h3-5,9,14H,6H2,1-2H3. The summed E-state index contributed by atoms with van der Waals surface area (Å²) in [5, 5.41) is 3.01. The number of aryl methyl sites for hydroxylation is 1. The van der Waals surface area contributed by atoms with E-state index >= 15 is 0 Å². The fraction of sp³-hybridized carbons (Fsp3) is 0.364. The van der Waals surface area contributed by atoms with Gasteiger partial charge >= 0.3 is 5.97 Å². The van der Waals surface area contributed by atoms with Gasteiger partial charge in [-0.1, -0.05) is 15.9 Å². The second-order valence-corrected chi connectivity index (χ2v) is 4.44. The zero-order valence-corrected chi connectivity index (χ0v) is 10.7. The molecule has 0 bridgehead atoms. The molecule has 3 nitrogen and oxygen atoms in total. The molecule has 5 heteroatoms. The van der Waals surface area contributed by atoms with Gasteiger partial charge in [-0.25, -0.2) is 4.39 Å². The minimum Gasteiger partial charge on any atom is -0.468 e. The molecule has 1 rings (SSSR count). The number of rotatable bonds is 4. The molecule has 0 saturated heterocycles. The Morgan fingerprint density at radius 1 is 1.62 bits per heavy atom. The zero-order chi connectivity index (χ0) is 12.1. The molecular formula is C11H13BrFNO2. The molecule has 1 N–H and O–H groups in total. The summed E-state index contributed by atoms with van der Waals surface area (Å²) in [6.07, 6.45) is 0. The molecule has 0 heterocycles. The Morgan fingerprint density at radius 2 is 2.31 bits per heavy atom. The maximum Gasteiger partial charge on any atom is 0.321 e. The maximum atomic E-state index is 13.0. The van der Waals surface area contributed by atoms with Gasteiger partial charge in [0.15, 0.2) is 0 Å². The largest absolute Gasteiger partial charge is 0.468 e. The van der Waals surface area contributed by atoms with E-state index in [9.17, 15) is 9.18 Å². The average Bonchev–Trinajstić information content (AvgIpc) is 2.29. The Bertz CT molecular complexity index is 384. The van der Waals surface area contributed by atoms with E-state index in [-0.39, 0.29) is 11.8 Å². The van der Waals surface area contributed by atoms with Gasteiger partial charge in [0.1, 0.15) is 10.6 Å². The van der Waals surface area contributed by atoms with E-state index in [0.717, 1.165) is 5.69 Å². The van der Waals surface area contributed by atoms with Crippen LogP contribution in [0.5, 0.6) is 0 Å². The van der Waals surface area contributed by atoms with Gasteiger partial charge in [-0.3, -0.25) is 4.79 Å². The van der Waals surface area contributed by atoms with Crippen molar-refractivity contribution in [3.63, 3.8) is 0 Å². The van der Waals surface area contributed by atoms with E-state index in [1.807, 2.05) is 0 Å². The summed E-state index contributed by atoms with van der Waals surface area (Å²) in [5.74, 6) is -0.583. The van der Waals surface area contributed by atoms with Crippen LogP contribution in [0, 0.1) is 12.7 Å². The number of ether oxygens (including phenoxy) is 1. The van der Waals surface area contributed by atoms with Crippen molar-refractivity contribution in [3.8, 4) is 0 Å². The fourth-order valence-electron chi connectivity index (χ4n) is 1.17. The summed E-state index contributed by atoms with van der Waals surface area (Å²) in [7, 11) is 1.33. The monoisotopic (exact) mass is 289 g/mol. The molecule has 0 spiro atoms. The summed E-state index contributed by atoms with van der Waals surface area (Å²) in [4.78, 5) is 10.7. The lowest BCUT2D eigenvalue weighted by atomic mass is 10.2. The van der Waals surface area contributed by atoms with Gasteiger partial charge < -0.3 is 10.1 Å². The number of benzene rings is 1. The molecule has 0 aliphatic carbocycles. The van der Waals surface area contributed by atoms with Crippen molar-refractivity contribution in [2.24, 2.45) is 0 Å². The Balaban J connectivity index is 2.55. The molecule has 0 aliphatic rings. The van der Waals surface area contributed by atoms with Crippen LogP contribution in [-0.2, 0) is 9.53 Å². The first kappa shape index (κ1) is 13.0. The molecular weight excluding hydrogens is 277 g/mol. The van der Waals surface area contributed by atoms with Gasteiger partial charge in [0.25, 0.3) is 0 Å². The van der Waals surface area contributed by atoms with E-state index in [2.05, 4.69) is 26.0 Å². The highest BCUT2D eigenvalue weighted by molar-refractivity contribution is 9.10. The predicted molar refractivity (Wildman–Crippen MR) is 64.4 cm³/mol. The average molecular weight is 290 g/mol. The van der Waals surface area contributed by atoms with E-state index < -0.39 is 4.83 Å². The molecule has 1 atom stereocenters. The molecule has 0 aliphatic heterocycles.